The molecule has 7 heteroatoms. The summed E-state index contributed by atoms with van der Waals surface area (Å²) < 4.78 is 6.00. The molecule has 1 aromatic carbocycles. The Morgan fingerprint density at radius 2 is 2.00 bits per heavy atom. The van der Waals surface area contributed by atoms with Crippen LogP contribution in [-0.2, 0) is 9.53 Å². The van der Waals surface area contributed by atoms with E-state index in [1.54, 1.807) is 32.9 Å². The summed E-state index contributed by atoms with van der Waals surface area (Å²) in [6.45, 7) is 7.34. The molecule has 23 heavy (non-hydrogen) atoms. The second-order valence-electron chi connectivity index (χ2n) is 6.09. The van der Waals surface area contributed by atoms with E-state index in [0.29, 0.717) is 21.5 Å². The number of amides is 1. The summed E-state index contributed by atoms with van der Waals surface area (Å²) in [6.07, 6.45) is -0.0569. The lowest BCUT2D eigenvalue weighted by Crippen LogP contribution is -2.42. The summed E-state index contributed by atoms with van der Waals surface area (Å²) in [5, 5.41) is 10.0. The smallest absolute Gasteiger partial charge is 0.411 e. The van der Waals surface area contributed by atoms with Crippen LogP contribution in [0.25, 0.3) is 0 Å². The Balaban J connectivity index is 3.23. The predicted octanol–water partition coefficient (Wildman–Crippen LogP) is 4.88. The van der Waals surface area contributed by atoms with Crippen LogP contribution in [-0.4, -0.2) is 34.2 Å². The molecule has 0 bridgehead atoms. The number of carboxylic acid groups (broad SMARTS) is 1. The first kappa shape index (κ1) is 19.8. The van der Waals surface area contributed by atoms with Crippen molar-refractivity contribution < 1.29 is 19.4 Å². The number of carbonyl (C=O) groups excluding carboxylic acids is 1. The Bertz CT molecular complexity index is 586. The van der Waals surface area contributed by atoms with Gasteiger partial charge in [-0.15, -0.1) is 0 Å². The van der Waals surface area contributed by atoms with Crippen LogP contribution in [0.15, 0.2) is 22.7 Å². The highest BCUT2D eigenvalue weighted by Crippen LogP contribution is 2.30. The Morgan fingerprint density at radius 3 is 2.43 bits per heavy atom. The van der Waals surface area contributed by atoms with Gasteiger partial charge in [0, 0.05) is 11.0 Å². The number of nitrogens with zero attached hydrogens (tertiary/aromatic N) is 1. The number of carbonyl (C=O) groups is 2. The van der Waals surface area contributed by atoms with Gasteiger partial charge < -0.3 is 9.84 Å². The molecule has 1 amide bonds. The van der Waals surface area contributed by atoms with Crippen molar-refractivity contribution in [2.45, 2.75) is 45.8 Å². The van der Waals surface area contributed by atoms with E-state index in [0.717, 1.165) is 0 Å². The highest BCUT2D eigenvalue weighted by atomic mass is 79.9. The average Bonchev–Trinajstić information content (AvgIpc) is 2.39. The van der Waals surface area contributed by atoms with Crippen LogP contribution in [0.2, 0.25) is 5.02 Å². The minimum Gasteiger partial charge on any atom is -0.479 e. The third-order valence-electron chi connectivity index (χ3n) is 2.90. The Morgan fingerprint density at radius 1 is 1.39 bits per heavy atom. The molecule has 0 aliphatic heterocycles. The quantitative estimate of drug-likeness (QED) is 0.757. The maximum Gasteiger partial charge on any atom is 0.411 e. The van der Waals surface area contributed by atoms with E-state index in [2.05, 4.69) is 15.9 Å². The second-order valence-corrected chi connectivity index (χ2v) is 7.35. The monoisotopic (exact) mass is 405 g/mol. The molecule has 0 aliphatic rings. The molecule has 1 rings (SSSR count). The molecule has 1 aromatic rings. The standard InChI is InChI=1S/C16H21BrClNO4/c1-5-8-19(15(22)23-16(2,3)4)13(14(20)21)10-6-7-11(17)12(18)9-10/h6-7,9,13H,5,8H2,1-4H3,(H,20,21). The summed E-state index contributed by atoms with van der Waals surface area (Å²) in [5.74, 6) is -1.14. The van der Waals surface area contributed by atoms with E-state index < -0.39 is 23.7 Å². The van der Waals surface area contributed by atoms with Crippen LogP contribution >= 0.6 is 27.5 Å². The minimum atomic E-state index is -1.16. The summed E-state index contributed by atoms with van der Waals surface area (Å²) in [6, 6.07) is 3.67. The van der Waals surface area contributed by atoms with Crippen molar-refractivity contribution >= 4 is 39.6 Å². The molecule has 0 heterocycles. The molecule has 0 saturated heterocycles. The Hall–Kier alpha value is -1.27. The van der Waals surface area contributed by atoms with Gasteiger partial charge in [0.1, 0.15) is 5.60 Å². The van der Waals surface area contributed by atoms with E-state index in [4.69, 9.17) is 16.3 Å². The molecule has 5 nitrogen and oxygen atoms in total. The molecule has 1 N–H and O–H groups in total. The van der Waals surface area contributed by atoms with Gasteiger partial charge in [-0.25, -0.2) is 9.59 Å². The van der Waals surface area contributed by atoms with Crippen molar-refractivity contribution in [2.24, 2.45) is 0 Å². The number of carboxylic acids is 1. The van der Waals surface area contributed by atoms with Crippen molar-refractivity contribution in [3.63, 3.8) is 0 Å². The molecular weight excluding hydrogens is 386 g/mol. The molecule has 128 valence electrons. The van der Waals surface area contributed by atoms with E-state index in [-0.39, 0.29) is 6.54 Å². The van der Waals surface area contributed by atoms with Crippen molar-refractivity contribution in [1.82, 2.24) is 4.90 Å². The van der Waals surface area contributed by atoms with Crippen molar-refractivity contribution in [2.75, 3.05) is 6.54 Å². The topological polar surface area (TPSA) is 66.8 Å². The zero-order chi connectivity index (χ0) is 17.8. The largest absolute Gasteiger partial charge is 0.479 e. The molecule has 0 radical (unpaired) electrons. The lowest BCUT2D eigenvalue weighted by molar-refractivity contribution is -0.143. The van der Waals surface area contributed by atoms with Crippen LogP contribution in [0.3, 0.4) is 0 Å². The Labute approximate surface area is 149 Å². The third-order valence-corrected chi connectivity index (χ3v) is 4.13. The van der Waals surface area contributed by atoms with Crippen LogP contribution in [0, 0.1) is 0 Å². The third kappa shape index (κ3) is 5.70. The number of rotatable bonds is 5. The first-order chi connectivity index (χ1) is 10.6. The first-order valence-electron chi connectivity index (χ1n) is 7.24. The summed E-state index contributed by atoms with van der Waals surface area (Å²) in [7, 11) is 0. The van der Waals surface area contributed by atoms with Crippen molar-refractivity contribution in [3.8, 4) is 0 Å². The molecule has 0 aromatic heterocycles. The van der Waals surface area contributed by atoms with Crippen LogP contribution in [0.1, 0.15) is 45.7 Å². The number of aliphatic carboxylic acids is 1. The zero-order valence-corrected chi connectivity index (χ0v) is 15.9. The van der Waals surface area contributed by atoms with Gasteiger partial charge in [0.2, 0.25) is 0 Å². The van der Waals surface area contributed by atoms with Gasteiger partial charge >= 0.3 is 12.1 Å². The Kier molecular flexibility index (Phi) is 6.89. The number of ether oxygens (including phenoxy) is 1. The van der Waals surface area contributed by atoms with Crippen molar-refractivity contribution in [1.29, 1.82) is 0 Å². The van der Waals surface area contributed by atoms with E-state index in [9.17, 15) is 14.7 Å². The van der Waals surface area contributed by atoms with Crippen LogP contribution in [0.5, 0.6) is 0 Å². The predicted molar refractivity (Wildman–Crippen MR) is 92.8 cm³/mol. The fourth-order valence-electron chi connectivity index (χ4n) is 2.03. The fraction of sp³-hybridized carbons (Fsp3) is 0.500. The molecule has 1 unspecified atom stereocenters. The van der Waals surface area contributed by atoms with Crippen molar-refractivity contribution in [3.05, 3.63) is 33.3 Å². The number of hydrogen-bond acceptors (Lipinski definition) is 3. The van der Waals surface area contributed by atoms with Gasteiger partial charge in [0.05, 0.1) is 5.02 Å². The van der Waals surface area contributed by atoms with Gasteiger partial charge in [-0.05, 0) is 60.8 Å². The maximum absolute atomic E-state index is 12.4. The summed E-state index contributed by atoms with van der Waals surface area (Å²) in [5.41, 5.74) is -0.284. The van der Waals surface area contributed by atoms with Gasteiger partial charge in [-0.3, -0.25) is 4.90 Å². The normalized spacial score (nSPS) is 12.6. The van der Waals surface area contributed by atoms with E-state index in [1.807, 2.05) is 6.92 Å². The van der Waals surface area contributed by atoms with Gasteiger partial charge in [0.15, 0.2) is 6.04 Å². The number of halogens is 2. The SMILES string of the molecule is CCCN(C(=O)OC(C)(C)C)C(C(=O)O)c1ccc(Br)c(Cl)c1. The molecule has 0 fully saturated rings. The van der Waals surface area contributed by atoms with Gasteiger partial charge in [-0.1, -0.05) is 24.6 Å². The lowest BCUT2D eigenvalue weighted by Gasteiger charge is -2.31. The molecule has 0 spiro atoms. The van der Waals surface area contributed by atoms with E-state index >= 15 is 0 Å². The van der Waals surface area contributed by atoms with Crippen LogP contribution < -0.4 is 0 Å². The second kappa shape index (κ2) is 8.02. The molecule has 0 saturated carbocycles. The minimum absolute atomic E-state index is 0.263. The summed E-state index contributed by atoms with van der Waals surface area (Å²) >= 11 is 9.32. The highest BCUT2D eigenvalue weighted by molar-refractivity contribution is 9.10. The van der Waals surface area contributed by atoms with E-state index in [1.165, 1.54) is 11.0 Å². The number of hydrogen-bond donors (Lipinski definition) is 1. The van der Waals surface area contributed by atoms with Crippen LogP contribution in [0.4, 0.5) is 4.79 Å². The fourth-order valence-corrected chi connectivity index (χ4v) is 2.46. The summed E-state index contributed by atoms with van der Waals surface area (Å²) in [4.78, 5) is 25.4. The first-order valence-corrected chi connectivity index (χ1v) is 8.41. The molecule has 0 aliphatic carbocycles. The van der Waals surface area contributed by atoms with Gasteiger partial charge in [-0.2, -0.15) is 0 Å². The molecule has 1 atom stereocenters. The highest BCUT2D eigenvalue weighted by Gasteiger charge is 2.33. The van der Waals surface area contributed by atoms with Gasteiger partial charge in [0.25, 0.3) is 0 Å². The average molecular weight is 407 g/mol. The zero-order valence-electron chi connectivity index (χ0n) is 13.6. The number of benzene rings is 1. The lowest BCUT2D eigenvalue weighted by atomic mass is 10.1. The maximum atomic E-state index is 12.4. The molecular formula is C16H21BrClNO4.